The number of nitrogens with zero attached hydrogens (tertiary/aromatic N) is 1. The smallest absolute Gasteiger partial charge is 0.269 e. The van der Waals surface area contributed by atoms with Gasteiger partial charge < -0.3 is 24.8 Å². The summed E-state index contributed by atoms with van der Waals surface area (Å²) in [6, 6.07) is 4.88. The molecular formula is C12H14FNO7. The minimum absolute atomic E-state index is 0.116. The second-order valence-corrected chi connectivity index (χ2v) is 4.52. The average molecular weight is 303 g/mol. The largest absolute Gasteiger partial charge is 0.462 e. The first kappa shape index (κ1) is 15.6. The van der Waals surface area contributed by atoms with Gasteiger partial charge in [-0.15, -0.1) is 0 Å². The van der Waals surface area contributed by atoms with E-state index in [1.165, 1.54) is 24.3 Å². The Kier molecular flexibility index (Phi) is 4.68. The Morgan fingerprint density at radius 2 is 1.90 bits per heavy atom. The predicted octanol–water partition coefficient (Wildman–Crippen LogP) is -0.249. The average Bonchev–Trinajstić information content (AvgIpc) is 2.48. The molecular weight excluding hydrogens is 289 g/mol. The van der Waals surface area contributed by atoms with E-state index in [1.54, 1.807) is 0 Å². The van der Waals surface area contributed by atoms with Crippen molar-refractivity contribution in [3.63, 3.8) is 0 Å². The van der Waals surface area contributed by atoms with Crippen LogP contribution >= 0.6 is 0 Å². The quantitative estimate of drug-likeness (QED) is 0.518. The molecule has 0 amide bonds. The van der Waals surface area contributed by atoms with Gasteiger partial charge in [0.05, 0.1) is 11.5 Å². The number of benzene rings is 1. The predicted molar refractivity (Wildman–Crippen MR) is 66.4 cm³/mol. The van der Waals surface area contributed by atoms with Crippen molar-refractivity contribution in [3.05, 3.63) is 34.4 Å². The van der Waals surface area contributed by atoms with Crippen molar-refractivity contribution < 1.29 is 34.1 Å². The molecule has 8 nitrogen and oxygen atoms in total. The van der Waals surface area contributed by atoms with Gasteiger partial charge in [-0.3, -0.25) is 10.1 Å². The van der Waals surface area contributed by atoms with Gasteiger partial charge >= 0.3 is 0 Å². The molecule has 2 rings (SSSR count). The summed E-state index contributed by atoms with van der Waals surface area (Å²) < 4.78 is 23.9. The second-order valence-electron chi connectivity index (χ2n) is 4.52. The van der Waals surface area contributed by atoms with Crippen LogP contribution in [0, 0.1) is 10.1 Å². The van der Waals surface area contributed by atoms with Gasteiger partial charge in [-0.05, 0) is 12.1 Å². The Hall–Kier alpha value is -1.81. The van der Waals surface area contributed by atoms with Gasteiger partial charge in [-0.25, -0.2) is 4.39 Å². The van der Waals surface area contributed by atoms with E-state index in [0.29, 0.717) is 0 Å². The van der Waals surface area contributed by atoms with Gasteiger partial charge in [0.1, 0.15) is 24.1 Å². The van der Waals surface area contributed by atoms with Crippen LogP contribution < -0.4 is 4.74 Å². The highest BCUT2D eigenvalue weighted by atomic mass is 19.1. The molecule has 3 N–H and O–H groups in total. The normalized spacial score (nSPS) is 32.7. The van der Waals surface area contributed by atoms with Crippen LogP contribution in [0.4, 0.5) is 10.1 Å². The standard InChI is InChI=1S/C12H14FNO7/c13-9-10(16)8(5-15)21-12(11(9)17)20-7-3-1-6(2-4-7)14(18)19/h1-4,8-12,15-17H,5H2/t8-,9+,10+,11-,12-/m1/s1. The summed E-state index contributed by atoms with van der Waals surface area (Å²) in [5, 5.41) is 38.6. The highest BCUT2D eigenvalue weighted by Gasteiger charge is 2.46. The van der Waals surface area contributed by atoms with Crippen LogP contribution in [-0.2, 0) is 4.74 Å². The number of non-ortho nitro benzene ring substituents is 1. The fourth-order valence-electron chi connectivity index (χ4n) is 1.92. The van der Waals surface area contributed by atoms with Crippen LogP contribution in [0.1, 0.15) is 0 Å². The second kappa shape index (κ2) is 6.31. The molecule has 1 aromatic carbocycles. The lowest BCUT2D eigenvalue weighted by Gasteiger charge is -2.38. The van der Waals surface area contributed by atoms with Crippen molar-refractivity contribution in [1.82, 2.24) is 0 Å². The van der Waals surface area contributed by atoms with E-state index in [4.69, 9.17) is 14.6 Å². The molecule has 5 atom stereocenters. The summed E-state index contributed by atoms with van der Waals surface area (Å²) in [5.74, 6) is 0.116. The molecule has 21 heavy (non-hydrogen) atoms. The molecule has 1 fully saturated rings. The third kappa shape index (κ3) is 3.27. The van der Waals surface area contributed by atoms with E-state index in [-0.39, 0.29) is 11.4 Å². The zero-order chi connectivity index (χ0) is 15.6. The van der Waals surface area contributed by atoms with Crippen molar-refractivity contribution in [2.75, 3.05) is 6.61 Å². The first-order chi connectivity index (χ1) is 9.93. The number of rotatable bonds is 4. The van der Waals surface area contributed by atoms with Crippen LogP contribution in [0.5, 0.6) is 5.75 Å². The number of nitro groups is 1. The highest BCUT2D eigenvalue weighted by molar-refractivity contribution is 5.36. The lowest BCUT2D eigenvalue weighted by molar-refractivity contribution is -0.384. The van der Waals surface area contributed by atoms with E-state index >= 15 is 0 Å². The lowest BCUT2D eigenvalue weighted by atomic mass is 10.0. The Morgan fingerprint density at radius 3 is 2.43 bits per heavy atom. The number of nitro benzene ring substituents is 1. The zero-order valence-electron chi connectivity index (χ0n) is 10.7. The molecule has 0 radical (unpaired) electrons. The van der Waals surface area contributed by atoms with Gasteiger partial charge in [0.2, 0.25) is 6.29 Å². The van der Waals surface area contributed by atoms with Crippen molar-refractivity contribution in [3.8, 4) is 5.75 Å². The first-order valence-corrected chi connectivity index (χ1v) is 6.11. The molecule has 0 aliphatic carbocycles. The van der Waals surface area contributed by atoms with Crippen LogP contribution in [0.15, 0.2) is 24.3 Å². The summed E-state index contributed by atoms with van der Waals surface area (Å²) in [6.07, 6.45) is -8.13. The SMILES string of the molecule is O=[N+]([O-])c1ccc(O[C@@H]2O[C@H](CO)[C@H](O)[C@H](F)[C@H]2O)cc1. The van der Waals surface area contributed by atoms with Crippen LogP contribution in [0.25, 0.3) is 0 Å². The van der Waals surface area contributed by atoms with E-state index in [1.807, 2.05) is 0 Å². The van der Waals surface area contributed by atoms with Crippen molar-refractivity contribution in [2.24, 2.45) is 0 Å². The number of aliphatic hydroxyl groups is 3. The number of ether oxygens (including phenoxy) is 2. The van der Waals surface area contributed by atoms with Crippen molar-refractivity contribution in [2.45, 2.75) is 30.8 Å². The van der Waals surface area contributed by atoms with Crippen molar-refractivity contribution in [1.29, 1.82) is 0 Å². The van der Waals surface area contributed by atoms with Gasteiger partial charge in [-0.1, -0.05) is 0 Å². The molecule has 1 aliphatic heterocycles. The van der Waals surface area contributed by atoms with Gasteiger partial charge in [-0.2, -0.15) is 0 Å². The molecule has 0 spiro atoms. The Labute approximate surface area is 118 Å². The monoisotopic (exact) mass is 303 g/mol. The van der Waals surface area contributed by atoms with Crippen LogP contribution in [-0.4, -0.2) is 57.6 Å². The van der Waals surface area contributed by atoms with Crippen LogP contribution in [0.3, 0.4) is 0 Å². The molecule has 0 unspecified atom stereocenters. The summed E-state index contributed by atoms with van der Waals surface area (Å²) in [5.41, 5.74) is -0.153. The number of hydrogen-bond donors (Lipinski definition) is 3. The lowest BCUT2D eigenvalue weighted by Crippen LogP contribution is -2.58. The van der Waals surface area contributed by atoms with Gasteiger partial charge in [0.15, 0.2) is 6.17 Å². The molecule has 1 aromatic rings. The molecule has 0 aromatic heterocycles. The molecule has 0 bridgehead atoms. The van der Waals surface area contributed by atoms with Crippen LogP contribution in [0.2, 0.25) is 0 Å². The maximum atomic E-state index is 13.7. The summed E-state index contributed by atoms with van der Waals surface area (Å²) in [4.78, 5) is 9.92. The highest BCUT2D eigenvalue weighted by Crippen LogP contribution is 2.26. The number of halogens is 1. The van der Waals surface area contributed by atoms with E-state index in [0.717, 1.165) is 0 Å². The topological polar surface area (TPSA) is 122 Å². The Balaban J connectivity index is 2.08. The molecule has 9 heteroatoms. The number of aliphatic hydroxyl groups excluding tert-OH is 3. The molecule has 116 valence electrons. The first-order valence-electron chi connectivity index (χ1n) is 6.11. The fourth-order valence-corrected chi connectivity index (χ4v) is 1.92. The summed E-state index contributed by atoms with van der Waals surface area (Å²) in [6.45, 7) is -0.644. The molecule has 0 saturated carbocycles. The molecule has 1 aliphatic rings. The third-order valence-corrected chi connectivity index (χ3v) is 3.10. The van der Waals surface area contributed by atoms with E-state index in [2.05, 4.69) is 0 Å². The Morgan fingerprint density at radius 1 is 1.29 bits per heavy atom. The maximum absolute atomic E-state index is 13.7. The fraction of sp³-hybridized carbons (Fsp3) is 0.500. The molecule has 1 saturated heterocycles. The summed E-state index contributed by atoms with van der Waals surface area (Å²) in [7, 11) is 0. The minimum atomic E-state index is -2.04. The Bertz CT molecular complexity index is 495. The van der Waals surface area contributed by atoms with Gasteiger partial charge in [0, 0.05) is 12.1 Å². The maximum Gasteiger partial charge on any atom is 0.269 e. The third-order valence-electron chi connectivity index (χ3n) is 3.10. The zero-order valence-corrected chi connectivity index (χ0v) is 10.7. The summed E-state index contributed by atoms with van der Waals surface area (Å²) >= 11 is 0. The van der Waals surface area contributed by atoms with E-state index in [9.17, 15) is 24.7 Å². The van der Waals surface area contributed by atoms with Gasteiger partial charge in [0.25, 0.3) is 5.69 Å². The number of hydrogen-bond acceptors (Lipinski definition) is 7. The van der Waals surface area contributed by atoms with Crippen molar-refractivity contribution >= 4 is 5.69 Å². The van der Waals surface area contributed by atoms with E-state index < -0.39 is 42.3 Å². The number of alkyl halides is 1. The molecule has 1 heterocycles. The minimum Gasteiger partial charge on any atom is -0.462 e.